The molecule has 2 heterocycles. The lowest BCUT2D eigenvalue weighted by Gasteiger charge is -2.16. The van der Waals surface area contributed by atoms with Crippen LogP contribution in [0.25, 0.3) is 22.0 Å². The molecule has 3 nitrogen and oxygen atoms in total. The second-order valence-corrected chi connectivity index (χ2v) is 7.77. The smallest absolute Gasteiger partial charge is 0.0745 e. The molecule has 5 rings (SSSR count). The van der Waals surface area contributed by atoms with Gasteiger partial charge in [-0.3, -0.25) is 4.98 Å². The normalized spacial score (nSPS) is 15.9. The first-order chi connectivity index (χ1) is 14.2. The van der Waals surface area contributed by atoms with E-state index in [4.69, 9.17) is 21.7 Å². The molecule has 0 aliphatic carbocycles. The van der Waals surface area contributed by atoms with Gasteiger partial charge in [-0.15, -0.1) is 0 Å². The number of hydrogen-bond donors (Lipinski definition) is 1. The highest BCUT2D eigenvalue weighted by Crippen LogP contribution is 2.37. The summed E-state index contributed by atoms with van der Waals surface area (Å²) >= 11 is 6.36. The fourth-order valence-electron chi connectivity index (χ4n) is 4.09. The van der Waals surface area contributed by atoms with Crippen LogP contribution in [-0.4, -0.2) is 10.7 Å². The zero-order chi connectivity index (χ0) is 19.8. The summed E-state index contributed by atoms with van der Waals surface area (Å²) in [5.74, 6) is 0. The fraction of sp³-hybridized carbons (Fsp3) is 0.120. The number of halogens is 1. The van der Waals surface area contributed by atoms with E-state index < -0.39 is 0 Å². The van der Waals surface area contributed by atoms with Crippen molar-refractivity contribution in [2.75, 3.05) is 0 Å². The van der Waals surface area contributed by atoms with Gasteiger partial charge in [0.2, 0.25) is 0 Å². The molecule has 0 unspecified atom stereocenters. The molecule has 0 saturated heterocycles. The molecule has 0 fully saturated rings. The van der Waals surface area contributed by atoms with Crippen LogP contribution in [0.15, 0.2) is 84.0 Å². The number of rotatable bonds is 3. The Morgan fingerprint density at radius 3 is 2.38 bits per heavy atom. The molecule has 1 aliphatic rings. The van der Waals surface area contributed by atoms with Crippen molar-refractivity contribution in [2.45, 2.75) is 19.4 Å². The lowest BCUT2D eigenvalue weighted by Crippen LogP contribution is -2.10. The van der Waals surface area contributed by atoms with Crippen LogP contribution in [0, 0.1) is 6.92 Å². The van der Waals surface area contributed by atoms with E-state index >= 15 is 0 Å². The number of hydrazone groups is 1. The first-order valence-electron chi connectivity index (χ1n) is 9.73. The van der Waals surface area contributed by atoms with Gasteiger partial charge in [-0.1, -0.05) is 72.3 Å². The van der Waals surface area contributed by atoms with E-state index in [1.165, 1.54) is 5.56 Å². The average Bonchev–Trinajstić information content (AvgIpc) is 3.24. The molecule has 1 aliphatic heterocycles. The summed E-state index contributed by atoms with van der Waals surface area (Å²) in [4.78, 5) is 4.88. The van der Waals surface area contributed by atoms with Crippen molar-refractivity contribution in [3.05, 3.63) is 101 Å². The standard InChI is InChI=1S/C25H20ClN3/c1-16-24(23-15-22(28-29-23)17-8-4-2-5-9-17)25(18-10-6-3-7-11-18)20-14-19(26)12-13-21(20)27-16/h2-14,22,28H,15H2,1H3/t22-/m0/s1. The Kier molecular flexibility index (Phi) is 4.53. The van der Waals surface area contributed by atoms with E-state index in [1.807, 2.05) is 30.3 Å². The van der Waals surface area contributed by atoms with E-state index in [0.717, 1.165) is 45.4 Å². The van der Waals surface area contributed by atoms with E-state index in [0.29, 0.717) is 5.02 Å². The lowest BCUT2D eigenvalue weighted by atomic mass is 9.89. The number of fused-ring (bicyclic) bond motifs is 1. The predicted molar refractivity (Wildman–Crippen MR) is 120 cm³/mol. The molecule has 142 valence electrons. The van der Waals surface area contributed by atoms with Gasteiger partial charge in [0.05, 0.1) is 17.3 Å². The lowest BCUT2D eigenvalue weighted by molar-refractivity contribution is 0.620. The summed E-state index contributed by atoms with van der Waals surface area (Å²) in [6, 6.07) is 26.9. The Morgan fingerprint density at radius 1 is 0.897 bits per heavy atom. The molecule has 0 spiro atoms. The Hall–Kier alpha value is -3.17. The molecule has 0 amide bonds. The molecule has 1 atom stereocenters. The van der Waals surface area contributed by atoms with Crippen molar-refractivity contribution in [3.8, 4) is 11.1 Å². The van der Waals surface area contributed by atoms with Crippen molar-refractivity contribution < 1.29 is 0 Å². The summed E-state index contributed by atoms with van der Waals surface area (Å²) in [5, 5.41) is 6.49. The number of nitrogens with zero attached hydrogens (tertiary/aromatic N) is 2. The molecular weight excluding hydrogens is 378 g/mol. The summed E-state index contributed by atoms with van der Waals surface area (Å²) in [5.41, 5.74) is 10.9. The highest BCUT2D eigenvalue weighted by Gasteiger charge is 2.26. The fourth-order valence-corrected chi connectivity index (χ4v) is 4.26. The van der Waals surface area contributed by atoms with Crippen LogP contribution < -0.4 is 5.43 Å². The van der Waals surface area contributed by atoms with Crippen molar-refractivity contribution in [2.24, 2.45) is 5.10 Å². The van der Waals surface area contributed by atoms with Crippen molar-refractivity contribution in [3.63, 3.8) is 0 Å². The van der Waals surface area contributed by atoms with Gasteiger partial charge in [0.15, 0.2) is 0 Å². The number of benzene rings is 3. The van der Waals surface area contributed by atoms with Crippen molar-refractivity contribution in [1.82, 2.24) is 10.4 Å². The van der Waals surface area contributed by atoms with Gasteiger partial charge < -0.3 is 5.43 Å². The highest BCUT2D eigenvalue weighted by atomic mass is 35.5. The zero-order valence-electron chi connectivity index (χ0n) is 16.1. The van der Waals surface area contributed by atoms with Gasteiger partial charge in [-0.25, -0.2) is 0 Å². The van der Waals surface area contributed by atoms with Gasteiger partial charge in [0, 0.05) is 33.7 Å². The van der Waals surface area contributed by atoms with E-state index in [1.54, 1.807) is 0 Å². The predicted octanol–water partition coefficient (Wildman–Crippen LogP) is 6.30. The average molecular weight is 398 g/mol. The third kappa shape index (κ3) is 3.28. The van der Waals surface area contributed by atoms with Crippen LogP contribution >= 0.6 is 11.6 Å². The van der Waals surface area contributed by atoms with Gasteiger partial charge in [-0.05, 0) is 36.2 Å². The van der Waals surface area contributed by atoms with Crippen LogP contribution in [0.3, 0.4) is 0 Å². The van der Waals surface area contributed by atoms with E-state index in [2.05, 4.69) is 60.9 Å². The number of nitrogens with one attached hydrogen (secondary N) is 1. The Balaban J connectivity index is 1.69. The van der Waals surface area contributed by atoms with Gasteiger partial charge in [-0.2, -0.15) is 5.10 Å². The third-order valence-electron chi connectivity index (χ3n) is 5.43. The molecule has 29 heavy (non-hydrogen) atoms. The summed E-state index contributed by atoms with van der Waals surface area (Å²) in [6.45, 7) is 2.06. The van der Waals surface area contributed by atoms with Gasteiger partial charge >= 0.3 is 0 Å². The third-order valence-corrected chi connectivity index (χ3v) is 5.67. The van der Waals surface area contributed by atoms with Gasteiger partial charge in [0.1, 0.15) is 0 Å². The number of pyridine rings is 1. The molecular formula is C25H20ClN3. The van der Waals surface area contributed by atoms with Crippen molar-refractivity contribution >= 4 is 28.2 Å². The monoisotopic (exact) mass is 397 g/mol. The van der Waals surface area contributed by atoms with Crippen LogP contribution in [0.4, 0.5) is 0 Å². The quantitative estimate of drug-likeness (QED) is 0.440. The maximum absolute atomic E-state index is 6.36. The highest BCUT2D eigenvalue weighted by molar-refractivity contribution is 6.31. The Bertz CT molecular complexity index is 1220. The second-order valence-electron chi connectivity index (χ2n) is 7.33. The van der Waals surface area contributed by atoms with Crippen LogP contribution in [-0.2, 0) is 0 Å². The Morgan fingerprint density at radius 2 is 1.62 bits per heavy atom. The summed E-state index contributed by atoms with van der Waals surface area (Å²) < 4.78 is 0. The van der Waals surface area contributed by atoms with Gasteiger partial charge in [0.25, 0.3) is 0 Å². The molecule has 1 N–H and O–H groups in total. The SMILES string of the molecule is Cc1nc2ccc(Cl)cc2c(-c2ccccc2)c1C1=NN[C@H](c2ccccc2)C1. The summed E-state index contributed by atoms with van der Waals surface area (Å²) in [6.07, 6.45) is 0.818. The van der Waals surface area contributed by atoms with E-state index in [9.17, 15) is 0 Å². The number of hydrogen-bond acceptors (Lipinski definition) is 3. The minimum atomic E-state index is 0.171. The maximum atomic E-state index is 6.36. The topological polar surface area (TPSA) is 37.3 Å². The molecule has 3 aromatic carbocycles. The Labute approximate surface area is 175 Å². The first kappa shape index (κ1) is 17.9. The second kappa shape index (κ2) is 7.34. The minimum absolute atomic E-state index is 0.171. The number of aromatic nitrogens is 1. The first-order valence-corrected chi connectivity index (χ1v) is 10.1. The maximum Gasteiger partial charge on any atom is 0.0745 e. The molecule has 4 heteroatoms. The minimum Gasteiger partial charge on any atom is -0.302 e. The largest absolute Gasteiger partial charge is 0.302 e. The molecule has 0 bridgehead atoms. The van der Waals surface area contributed by atoms with Crippen molar-refractivity contribution in [1.29, 1.82) is 0 Å². The van der Waals surface area contributed by atoms with Crippen LogP contribution in [0.1, 0.15) is 29.3 Å². The van der Waals surface area contributed by atoms with E-state index in [-0.39, 0.29) is 6.04 Å². The molecule has 4 aromatic rings. The number of aryl methyl sites for hydroxylation is 1. The molecule has 0 saturated carbocycles. The van der Waals surface area contributed by atoms with Crippen LogP contribution in [0.5, 0.6) is 0 Å². The summed E-state index contributed by atoms with van der Waals surface area (Å²) in [7, 11) is 0. The zero-order valence-corrected chi connectivity index (χ0v) is 16.8. The molecule has 0 radical (unpaired) electrons. The van der Waals surface area contributed by atoms with Crippen LogP contribution in [0.2, 0.25) is 5.02 Å². The molecule has 1 aromatic heterocycles.